The van der Waals surface area contributed by atoms with Gasteiger partial charge in [0, 0.05) is 70.2 Å². The van der Waals surface area contributed by atoms with Crippen LogP contribution in [-0.4, -0.2) is 75.3 Å². The molecule has 15 heteroatoms. The summed E-state index contributed by atoms with van der Waals surface area (Å²) >= 11 is 0. The Bertz CT molecular complexity index is 3190. The highest BCUT2D eigenvalue weighted by Gasteiger charge is 2.37. The third kappa shape index (κ3) is 6.03. The van der Waals surface area contributed by atoms with Gasteiger partial charge in [-0.25, -0.2) is 15.0 Å². The van der Waals surface area contributed by atoms with Gasteiger partial charge in [0.05, 0.1) is 92.1 Å². The fourth-order valence-electron chi connectivity index (χ4n) is 9.67. The molecule has 0 aliphatic rings. The number of pyridine rings is 3. The van der Waals surface area contributed by atoms with Crippen molar-refractivity contribution in [1.82, 2.24) is 15.0 Å². The maximum Gasteiger partial charge on any atom is 0.225 e. The first-order valence-corrected chi connectivity index (χ1v) is 20.8. The minimum absolute atomic E-state index is 0.199. The lowest BCUT2D eigenvalue weighted by Crippen LogP contribution is -2.08. The van der Waals surface area contributed by atoms with E-state index < -0.39 is 0 Å². The number of methoxy groups -OCH3 is 6. The molecule has 0 aliphatic carbocycles. The molecule has 0 fully saturated rings. The Labute approximate surface area is 376 Å². The van der Waals surface area contributed by atoms with Crippen molar-refractivity contribution in [3.05, 3.63) is 72.8 Å². The van der Waals surface area contributed by atoms with Crippen molar-refractivity contribution in [1.29, 1.82) is 0 Å². The van der Waals surface area contributed by atoms with E-state index in [0.29, 0.717) is 83.7 Å². The van der Waals surface area contributed by atoms with Gasteiger partial charge in [-0.2, -0.15) is 0 Å². The summed E-state index contributed by atoms with van der Waals surface area (Å²) in [6.45, 7) is 4.37. The smallest absolute Gasteiger partial charge is 0.225 e. The number of hydrogen-bond acceptors (Lipinski definition) is 12. The summed E-state index contributed by atoms with van der Waals surface area (Å²) in [7, 11) is 9.50. The molecule has 10 aromatic rings. The fraction of sp³-hybridized carbons (Fsp3) is 0.176. The van der Waals surface area contributed by atoms with E-state index in [1.54, 1.807) is 42.7 Å². The number of anilines is 3. The summed E-state index contributed by atoms with van der Waals surface area (Å²) in [5.41, 5.74) is 7.57. The topological polar surface area (TPSA) is 181 Å². The molecule has 7 aromatic carbocycles. The first-order valence-electron chi connectivity index (χ1n) is 20.8. The molecule has 3 N–H and O–H groups in total. The molecule has 3 heterocycles. The van der Waals surface area contributed by atoms with E-state index in [0.717, 1.165) is 49.0 Å². The zero-order chi connectivity index (χ0) is 46.3. The minimum Gasteiger partial charge on any atom is -0.495 e. The molecule has 0 spiro atoms. The Morgan fingerprint density at radius 3 is 0.788 bits per heavy atom. The van der Waals surface area contributed by atoms with Gasteiger partial charge in [-0.05, 0) is 53.1 Å². The van der Waals surface area contributed by atoms with E-state index in [1.807, 2.05) is 72.8 Å². The molecule has 0 unspecified atom stereocenters. The van der Waals surface area contributed by atoms with E-state index in [9.17, 15) is 14.4 Å². The van der Waals surface area contributed by atoms with Gasteiger partial charge in [0.2, 0.25) is 35.4 Å². The Morgan fingerprint density at radius 2 is 0.591 bits per heavy atom. The van der Waals surface area contributed by atoms with E-state index in [1.165, 1.54) is 20.8 Å². The van der Waals surface area contributed by atoms with Crippen LogP contribution in [0.3, 0.4) is 0 Å². The largest absolute Gasteiger partial charge is 0.495 e. The van der Waals surface area contributed by atoms with Gasteiger partial charge in [-0.15, -0.1) is 0 Å². The van der Waals surface area contributed by atoms with E-state index >= 15 is 0 Å². The number of aromatic nitrogens is 3. The minimum atomic E-state index is -0.199. The van der Waals surface area contributed by atoms with Gasteiger partial charge < -0.3 is 44.4 Å². The molecular weight excluding hydrogens is 841 g/mol. The average Bonchev–Trinajstić information content (AvgIpc) is 3.31. The van der Waals surface area contributed by atoms with E-state index in [4.69, 9.17) is 43.4 Å². The number of benzene rings is 7. The standard InChI is InChI=1S/C51H42N6O9/c1-22(58)52-28-16-10-25(11-17-28)31-43-37-34-38-36-39-35(37)41(50(55-43)65-8)47(62-5)33(27-14-20-30(21-15-27)54-24(3)60)45(39)57-51(66-9)42(36)48(63-6)32(26-12-18-29(19-13-26)53-23(2)59)44(38)56-49(64-7)40(34)46(31)61-4/h10-21H,1-9H3,(H,52,58)(H,53,59)(H,54,60). The monoisotopic (exact) mass is 882 g/mol. The van der Waals surface area contributed by atoms with Crippen LogP contribution >= 0.6 is 0 Å². The van der Waals surface area contributed by atoms with Crippen LogP contribution in [0.2, 0.25) is 0 Å². The highest BCUT2D eigenvalue weighted by Crippen LogP contribution is 2.62. The Balaban J connectivity index is 1.50. The van der Waals surface area contributed by atoms with Crippen molar-refractivity contribution in [2.45, 2.75) is 20.8 Å². The van der Waals surface area contributed by atoms with Crippen molar-refractivity contribution in [3.63, 3.8) is 0 Å². The molecule has 15 nitrogen and oxygen atoms in total. The zero-order valence-corrected chi connectivity index (χ0v) is 37.4. The lowest BCUT2D eigenvalue weighted by molar-refractivity contribution is -0.115. The Hall–Kier alpha value is -8.46. The van der Waals surface area contributed by atoms with Crippen molar-refractivity contribution < 1.29 is 42.8 Å². The van der Waals surface area contributed by atoms with Crippen LogP contribution in [-0.2, 0) is 14.4 Å². The summed E-state index contributed by atoms with van der Waals surface area (Å²) < 4.78 is 38.2. The number of rotatable bonds is 12. The molecule has 0 saturated heterocycles. The van der Waals surface area contributed by atoms with Crippen molar-refractivity contribution in [2.75, 3.05) is 58.6 Å². The van der Waals surface area contributed by atoms with Crippen molar-refractivity contribution in [3.8, 4) is 68.3 Å². The number of carbonyl (C=O) groups is 3. The number of carbonyl (C=O) groups excluding carboxylic acids is 3. The molecule has 330 valence electrons. The first kappa shape index (κ1) is 41.5. The summed E-state index contributed by atoms with van der Waals surface area (Å²) in [4.78, 5) is 52.3. The Kier molecular flexibility index (Phi) is 9.86. The van der Waals surface area contributed by atoms with Crippen LogP contribution in [0.5, 0.6) is 34.9 Å². The summed E-state index contributed by atoms with van der Waals surface area (Å²) in [5.74, 6) is 1.56. The second-order valence-corrected chi connectivity index (χ2v) is 15.8. The van der Waals surface area contributed by atoms with Gasteiger partial charge in [0.1, 0.15) is 17.2 Å². The van der Waals surface area contributed by atoms with Crippen LogP contribution in [0, 0.1) is 0 Å². The number of nitrogens with zero attached hydrogens (tertiary/aromatic N) is 3. The normalized spacial score (nSPS) is 11.6. The van der Waals surface area contributed by atoms with Crippen molar-refractivity contribution >= 4 is 99.8 Å². The SMILES string of the molecule is COc1nc2c(-c3ccc(NC(C)=O)cc3)c(OC)c3c(OC)nc4c(-c5ccc(NC(C)=O)cc5)c(OC)c5c(OC)nc6c(-c7ccc(NC(C)=O)cc7)c(OC)c1c1c6c5c4c3c21. The van der Waals surface area contributed by atoms with Crippen molar-refractivity contribution in [2.24, 2.45) is 0 Å². The Morgan fingerprint density at radius 1 is 0.348 bits per heavy atom. The van der Waals surface area contributed by atoms with Crippen LogP contribution < -0.4 is 44.4 Å². The summed E-state index contributed by atoms with van der Waals surface area (Å²) in [6.07, 6.45) is 0. The van der Waals surface area contributed by atoms with Crippen LogP contribution in [0.25, 0.3) is 98.4 Å². The molecule has 0 bridgehead atoms. The quantitative estimate of drug-likeness (QED) is 0.0782. The third-order valence-corrected chi connectivity index (χ3v) is 12.0. The van der Waals surface area contributed by atoms with Gasteiger partial charge in [0.15, 0.2) is 0 Å². The van der Waals surface area contributed by atoms with Gasteiger partial charge in [-0.1, -0.05) is 36.4 Å². The number of hydrogen-bond donors (Lipinski definition) is 3. The average molecular weight is 883 g/mol. The predicted octanol–water partition coefficient (Wildman–Crippen LogP) is 10.0. The maximum absolute atomic E-state index is 12.0. The van der Waals surface area contributed by atoms with Crippen LogP contribution in [0.15, 0.2) is 72.8 Å². The lowest BCUT2D eigenvalue weighted by Gasteiger charge is -2.28. The number of amides is 3. The maximum atomic E-state index is 12.0. The number of ether oxygens (including phenoxy) is 6. The van der Waals surface area contributed by atoms with Gasteiger partial charge in [0.25, 0.3) is 0 Å². The highest BCUT2D eigenvalue weighted by atomic mass is 16.5. The first-order chi connectivity index (χ1) is 32.0. The highest BCUT2D eigenvalue weighted by molar-refractivity contribution is 6.49. The molecule has 3 aromatic heterocycles. The van der Waals surface area contributed by atoms with Gasteiger partial charge >= 0.3 is 0 Å². The van der Waals surface area contributed by atoms with E-state index in [2.05, 4.69) is 16.0 Å². The molecular formula is C51H42N6O9. The third-order valence-electron chi connectivity index (χ3n) is 12.0. The molecule has 0 atom stereocenters. The molecule has 0 saturated carbocycles. The lowest BCUT2D eigenvalue weighted by atomic mass is 9.81. The molecule has 0 aliphatic heterocycles. The van der Waals surface area contributed by atoms with Gasteiger partial charge in [-0.3, -0.25) is 14.4 Å². The summed E-state index contributed by atoms with van der Waals surface area (Å²) in [5, 5.41) is 14.7. The second-order valence-electron chi connectivity index (χ2n) is 15.8. The molecule has 66 heavy (non-hydrogen) atoms. The van der Waals surface area contributed by atoms with Crippen LogP contribution in [0.4, 0.5) is 17.1 Å². The molecule has 0 radical (unpaired) electrons. The van der Waals surface area contributed by atoms with E-state index in [-0.39, 0.29) is 35.4 Å². The summed E-state index contributed by atoms with van der Waals surface area (Å²) in [6, 6.07) is 22.3. The predicted molar refractivity (Wildman–Crippen MR) is 257 cm³/mol. The molecule has 3 amide bonds. The molecule has 10 rings (SSSR count). The second kappa shape index (κ2) is 15.7. The van der Waals surface area contributed by atoms with Crippen LogP contribution in [0.1, 0.15) is 20.8 Å². The number of nitrogens with one attached hydrogen (secondary N) is 3. The fourth-order valence-corrected chi connectivity index (χ4v) is 9.67. The zero-order valence-electron chi connectivity index (χ0n) is 37.4.